The van der Waals surface area contributed by atoms with Gasteiger partial charge in [-0.3, -0.25) is 4.79 Å². The Kier molecular flexibility index (Phi) is 4.97. The third kappa shape index (κ3) is 3.89. The van der Waals surface area contributed by atoms with Crippen molar-refractivity contribution in [3.63, 3.8) is 0 Å². The first-order valence-electron chi connectivity index (χ1n) is 9.66. The summed E-state index contributed by atoms with van der Waals surface area (Å²) < 4.78 is 5.96. The molecule has 1 aromatic carbocycles. The van der Waals surface area contributed by atoms with E-state index in [2.05, 4.69) is 21.4 Å². The number of rotatable bonds is 3. The number of fused-ring (bicyclic) bond motifs is 2. The molecular formula is C21H26N4O2. The van der Waals surface area contributed by atoms with E-state index < -0.39 is 0 Å². The second kappa shape index (κ2) is 7.55. The molecular weight excluding hydrogens is 340 g/mol. The minimum absolute atomic E-state index is 0.178. The number of aryl methyl sites for hydroxylation is 1. The van der Waals surface area contributed by atoms with Gasteiger partial charge in [0, 0.05) is 38.5 Å². The number of carbonyl (C=O) groups is 1. The SMILES string of the molecule is CC(=O)N1CCC(CNc2nc(C)nc3c2Cc2ccccc2OC3)CC1. The Hall–Kier alpha value is -2.63. The number of carbonyl (C=O) groups excluding carboxylic acids is 1. The first-order chi connectivity index (χ1) is 13.1. The molecule has 6 nitrogen and oxygen atoms in total. The zero-order valence-electron chi connectivity index (χ0n) is 16.0. The second-order valence-electron chi connectivity index (χ2n) is 7.45. The van der Waals surface area contributed by atoms with E-state index in [1.54, 1.807) is 6.92 Å². The van der Waals surface area contributed by atoms with Crippen LogP contribution in [-0.4, -0.2) is 40.4 Å². The highest BCUT2D eigenvalue weighted by molar-refractivity contribution is 5.73. The van der Waals surface area contributed by atoms with Crippen LogP contribution < -0.4 is 10.1 Å². The summed E-state index contributed by atoms with van der Waals surface area (Å²) in [6.07, 6.45) is 2.84. The fourth-order valence-corrected chi connectivity index (χ4v) is 3.93. The Balaban J connectivity index is 1.49. The summed E-state index contributed by atoms with van der Waals surface area (Å²) in [5, 5.41) is 3.58. The number of amides is 1. The predicted molar refractivity (Wildman–Crippen MR) is 104 cm³/mol. The molecule has 2 aliphatic heterocycles. The smallest absolute Gasteiger partial charge is 0.219 e. The number of para-hydroxylation sites is 1. The van der Waals surface area contributed by atoms with E-state index in [-0.39, 0.29) is 5.91 Å². The lowest BCUT2D eigenvalue weighted by molar-refractivity contribution is -0.130. The summed E-state index contributed by atoms with van der Waals surface area (Å²) in [4.78, 5) is 22.7. The van der Waals surface area contributed by atoms with Crippen molar-refractivity contribution in [2.45, 2.75) is 39.7 Å². The van der Waals surface area contributed by atoms with Crippen LogP contribution in [0.1, 0.15) is 42.4 Å². The van der Waals surface area contributed by atoms with Crippen LogP contribution in [0.15, 0.2) is 24.3 Å². The van der Waals surface area contributed by atoms with Crippen LogP contribution in [0.2, 0.25) is 0 Å². The molecule has 1 saturated heterocycles. The van der Waals surface area contributed by atoms with Crippen LogP contribution in [0.25, 0.3) is 0 Å². The fourth-order valence-electron chi connectivity index (χ4n) is 3.93. The van der Waals surface area contributed by atoms with Gasteiger partial charge in [0.1, 0.15) is 24.0 Å². The van der Waals surface area contributed by atoms with Crippen LogP contribution in [0.3, 0.4) is 0 Å². The van der Waals surface area contributed by atoms with E-state index in [4.69, 9.17) is 4.74 Å². The summed E-state index contributed by atoms with van der Waals surface area (Å²) in [6.45, 7) is 6.62. The molecule has 142 valence electrons. The van der Waals surface area contributed by atoms with Crippen LogP contribution in [0, 0.1) is 12.8 Å². The maximum atomic E-state index is 11.5. The Bertz CT molecular complexity index is 844. The molecule has 27 heavy (non-hydrogen) atoms. The molecule has 6 heteroatoms. The summed E-state index contributed by atoms with van der Waals surface area (Å²) in [5.74, 6) is 3.34. The molecule has 2 aromatic rings. The van der Waals surface area contributed by atoms with Crippen LogP contribution >= 0.6 is 0 Å². The molecule has 0 bridgehead atoms. The van der Waals surface area contributed by atoms with Crippen molar-refractivity contribution in [1.82, 2.24) is 14.9 Å². The maximum absolute atomic E-state index is 11.5. The molecule has 2 aliphatic rings. The number of aromatic nitrogens is 2. The molecule has 0 aliphatic carbocycles. The normalized spacial score (nSPS) is 16.7. The largest absolute Gasteiger partial charge is 0.487 e. The molecule has 0 saturated carbocycles. The minimum Gasteiger partial charge on any atom is -0.487 e. The van der Waals surface area contributed by atoms with Crippen molar-refractivity contribution in [3.05, 3.63) is 46.9 Å². The van der Waals surface area contributed by atoms with Crippen LogP contribution in [0.4, 0.5) is 5.82 Å². The van der Waals surface area contributed by atoms with Crippen LogP contribution in [0.5, 0.6) is 5.75 Å². The minimum atomic E-state index is 0.178. The van der Waals surface area contributed by atoms with E-state index >= 15 is 0 Å². The number of nitrogens with zero attached hydrogens (tertiary/aromatic N) is 3. The van der Waals surface area contributed by atoms with Gasteiger partial charge in [0.05, 0.1) is 5.69 Å². The van der Waals surface area contributed by atoms with E-state index in [1.165, 1.54) is 5.56 Å². The number of likely N-dealkylation sites (tertiary alicyclic amines) is 1. The average molecular weight is 366 g/mol. The Morgan fingerprint density at radius 2 is 2.04 bits per heavy atom. The van der Waals surface area contributed by atoms with Gasteiger partial charge in [-0.2, -0.15) is 0 Å². The number of benzene rings is 1. The number of piperidine rings is 1. The summed E-state index contributed by atoms with van der Waals surface area (Å²) in [5.41, 5.74) is 3.26. The summed E-state index contributed by atoms with van der Waals surface area (Å²) in [6, 6.07) is 8.15. The zero-order valence-corrected chi connectivity index (χ0v) is 16.0. The fraction of sp³-hybridized carbons (Fsp3) is 0.476. The number of hydrogen-bond acceptors (Lipinski definition) is 5. The van der Waals surface area contributed by atoms with Crippen molar-refractivity contribution in [2.24, 2.45) is 5.92 Å². The highest BCUT2D eigenvalue weighted by atomic mass is 16.5. The van der Waals surface area contributed by atoms with Crippen molar-refractivity contribution in [2.75, 3.05) is 25.0 Å². The predicted octanol–water partition coefficient (Wildman–Crippen LogP) is 2.94. The highest BCUT2D eigenvalue weighted by Crippen LogP contribution is 2.31. The molecule has 1 amide bonds. The first kappa shape index (κ1) is 17.8. The Morgan fingerprint density at radius 3 is 2.81 bits per heavy atom. The van der Waals surface area contributed by atoms with Crippen molar-refractivity contribution in [1.29, 1.82) is 0 Å². The molecule has 0 unspecified atom stereocenters. The van der Waals surface area contributed by atoms with E-state index in [0.717, 1.165) is 67.5 Å². The molecule has 4 rings (SSSR count). The lowest BCUT2D eigenvalue weighted by atomic mass is 9.96. The number of nitrogens with one attached hydrogen (secondary N) is 1. The summed E-state index contributed by atoms with van der Waals surface area (Å²) >= 11 is 0. The Labute approximate surface area is 160 Å². The van der Waals surface area contributed by atoms with Gasteiger partial charge in [-0.15, -0.1) is 0 Å². The van der Waals surface area contributed by atoms with Crippen LogP contribution in [-0.2, 0) is 17.8 Å². The van der Waals surface area contributed by atoms with Gasteiger partial charge < -0.3 is 15.0 Å². The number of ether oxygens (including phenoxy) is 1. The zero-order chi connectivity index (χ0) is 18.8. The third-order valence-electron chi connectivity index (χ3n) is 5.53. The first-order valence-corrected chi connectivity index (χ1v) is 9.66. The highest BCUT2D eigenvalue weighted by Gasteiger charge is 2.23. The topological polar surface area (TPSA) is 67.4 Å². The third-order valence-corrected chi connectivity index (χ3v) is 5.53. The quantitative estimate of drug-likeness (QED) is 0.905. The lowest BCUT2D eigenvalue weighted by Gasteiger charge is -2.31. The van der Waals surface area contributed by atoms with E-state index in [1.807, 2.05) is 30.0 Å². The second-order valence-corrected chi connectivity index (χ2v) is 7.45. The van der Waals surface area contributed by atoms with Gasteiger partial charge in [0.2, 0.25) is 5.91 Å². The van der Waals surface area contributed by atoms with Gasteiger partial charge in [-0.1, -0.05) is 18.2 Å². The van der Waals surface area contributed by atoms with Gasteiger partial charge in [-0.05, 0) is 37.3 Å². The molecule has 1 fully saturated rings. The number of anilines is 1. The van der Waals surface area contributed by atoms with Crippen molar-refractivity contribution < 1.29 is 9.53 Å². The summed E-state index contributed by atoms with van der Waals surface area (Å²) in [7, 11) is 0. The number of hydrogen-bond donors (Lipinski definition) is 1. The molecule has 1 N–H and O–H groups in total. The monoisotopic (exact) mass is 366 g/mol. The Morgan fingerprint density at radius 1 is 1.26 bits per heavy atom. The molecule has 0 radical (unpaired) electrons. The average Bonchev–Trinajstić information content (AvgIpc) is 2.86. The van der Waals surface area contributed by atoms with Gasteiger partial charge >= 0.3 is 0 Å². The molecule has 0 atom stereocenters. The lowest BCUT2D eigenvalue weighted by Crippen LogP contribution is -2.38. The van der Waals surface area contributed by atoms with Crippen molar-refractivity contribution >= 4 is 11.7 Å². The van der Waals surface area contributed by atoms with Gasteiger partial charge in [0.15, 0.2) is 0 Å². The molecule has 0 spiro atoms. The van der Waals surface area contributed by atoms with Gasteiger partial charge in [-0.25, -0.2) is 9.97 Å². The maximum Gasteiger partial charge on any atom is 0.219 e. The molecule has 1 aromatic heterocycles. The van der Waals surface area contributed by atoms with Gasteiger partial charge in [0.25, 0.3) is 0 Å². The standard InChI is InChI=1S/C21H26N4O2/c1-14-23-19-13-27-20-6-4-3-5-17(20)11-18(19)21(24-14)22-12-16-7-9-25(10-8-16)15(2)26/h3-6,16H,7-13H2,1-2H3,(H,22,23,24). The van der Waals surface area contributed by atoms with E-state index in [9.17, 15) is 4.79 Å². The van der Waals surface area contributed by atoms with Crippen molar-refractivity contribution in [3.8, 4) is 5.75 Å². The van der Waals surface area contributed by atoms with E-state index in [0.29, 0.717) is 12.5 Å². The molecule has 3 heterocycles.